The quantitative estimate of drug-likeness (QED) is 0.777. The van der Waals surface area contributed by atoms with Gasteiger partial charge in [-0.3, -0.25) is 0 Å². The second-order valence-electron chi connectivity index (χ2n) is 6.94. The predicted molar refractivity (Wildman–Crippen MR) is 69.5 cm³/mol. The Labute approximate surface area is 101 Å². The lowest BCUT2D eigenvalue weighted by molar-refractivity contribution is -0.0149. The fourth-order valence-corrected chi connectivity index (χ4v) is 2.75. The Balaban J connectivity index is 2.60. The van der Waals surface area contributed by atoms with Gasteiger partial charge >= 0.3 is 0 Å². The summed E-state index contributed by atoms with van der Waals surface area (Å²) in [4.78, 5) is 0. The van der Waals surface area contributed by atoms with Gasteiger partial charge in [0.2, 0.25) is 0 Å². The first-order valence-electron chi connectivity index (χ1n) is 6.62. The first-order chi connectivity index (χ1) is 7.12. The van der Waals surface area contributed by atoms with Gasteiger partial charge in [-0.15, -0.1) is 0 Å². The Bertz CT molecular complexity index is 219. The highest BCUT2D eigenvalue weighted by Gasteiger charge is 2.37. The van der Waals surface area contributed by atoms with Gasteiger partial charge in [0.25, 0.3) is 0 Å². The molecule has 2 N–H and O–H groups in total. The zero-order valence-corrected chi connectivity index (χ0v) is 11.8. The molecule has 16 heavy (non-hydrogen) atoms. The molecule has 2 nitrogen and oxygen atoms in total. The van der Waals surface area contributed by atoms with Gasteiger partial charge in [-0.1, -0.05) is 13.8 Å². The second kappa shape index (κ2) is 4.66. The van der Waals surface area contributed by atoms with Gasteiger partial charge in [-0.2, -0.15) is 0 Å². The summed E-state index contributed by atoms with van der Waals surface area (Å²) in [6.45, 7) is 12.6. The van der Waals surface area contributed by atoms with E-state index in [2.05, 4.69) is 33.0 Å². The van der Waals surface area contributed by atoms with Crippen molar-refractivity contribution in [3.63, 3.8) is 0 Å². The van der Waals surface area contributed by atoms with Crippen LogP contribution in [-0.2, 0) is 0 Å². The van der Waals surface area contributed by atoms with Crippen molar-refractivity contribution in [3.05, 3.63) is 0 Å². The summed E-state index contributed by atoms with van der Waals surface area (Å²) in [5.41, 5.74) is -0.911. The van der Waals surface area contributed by atoms with E-state index in [0.717, 1.165) is 11.8 Å². The third kappa shape index (κ3) is 3.46. The van der Waals surface area contributed by atoms with Gasteiger partial charge in [0.05, 0.1) is 5.60 Å². The van der Waals surface area contributed by atoms with Gasteiger partial charge in [0, 0.05) is 11.6 Å². The Morgan fingerprint density at radius 3 is 1.75 bits per heavy atom. The maximum absolute atomic E-state index is 10.1. The van der Waals surface area contributed by atoms with Crippen LogP contribution in [0.25, 0.3) is 0 Å². The molecule has 0 saturated heterocycles. The Kier molecular flexibility index (Phi) is 4.07. The van der Waals surface area contributed by atoms with Crippen molar-refractivity contribution in [2.75, 3.05) is 0 Å². The van der Waals surface area contributed by atoms with E-state index < -0.39 is 5.60 Å². The van der Waals surface area contributed by atoms with E-state index >= 15 is 0 Å². The summed E-state index contributed by atoms with van der Waals surface area (Å²) in [5, 5.41) is 13.8. The molecule has 1 aliphatic carbocycles. The van der Waals surface area contributed by atoms with Gasteiger partial charge in [0.15, 0.2) is 0 Å². The van der Waals surface area contributed by atoms with Crippen LogP contribution >= 0.6 is 0 Å². The van der Waals surface area contributed by atoms with E-state index in [9.17, 15) is 5.11 Å². The first kappa shape index (κ1) is 14.0. The third-order valence-corrected chi connectivity index (χ3v) is 4.27. The molecule has 1 saturated carbocycles. The number of hydrogen-bond donors (Lipinski definition) is 2. The van der Waals surface area contributed by atoms with Crippen LogP contribution in [-0.4, -0.2) is 22.3 Å². The minimum absolute atomic E-state index is 0.228. The summed E-state index contributed by atoms with van der Waals surface area (Å²) in [5.74, 6) is 1.61. The Hall–Kier alpha value is -0.0800. The number of rotatable bonds is 3. The summed E-state index contributed by atoms with van der Waals surface area (Å²) < 4.78 is 0. The fourth-order valence-electron chi connectivity index (χ4n) is 2.75. The molecule has 0 aromatic heterocycles. The van der Waals surface area contributed by atoms with E-state index in [1.54, 1.807) is 0 Å². The lowest BCUT2D eigenvalue weighted by Crippen LogP contribution is -2.59. The van der Waals surface area contributed by atoms with Gasteiger partial charge in [0.1, 0.15) is 0 Å². The average molecular weight is 227 g/mol. The summed E-state index contributed by atoms with van der Waals surface area (Å²) in [7, 11) is 0. The normalized spacial score (nSPS) is 32.8. The Morgan fingerprint density at radius 2 is 1.38 bits per heavy atom. The van der Waals surface area contributed by atoms with Crippen LogP contribution in [0.4, 0.5) is 0 Å². The minimum atomic E-state index is -0.684. The van der Waals surface area contributed by atoms with Crippen molar-refractivity contribution in [3.8, 4) is 0 Å². The molecule has 1 aliphatic rings. The molecular formula is C14H29NO. The topological polar surface area (TPSA) is 32.3 Å². The lowest BCUT2D eigenvalue weighted by Gasteiger charge is -2.44. The van der Waals surface area contributed by atoms with E-state index in [-0.39, 0.29) is 5.54 Å². The standard InChI is InChI=1S/C14H29NO/c1-10-7-11(2)9-12(8-10)15-13(3,4)14(5,6)16/h10-12,15-16H,7-9H2,1-6H3. The molecule has 1 fully saturated rings. The van der Waals surface area contributed by atoms with Crippen molar-refractivity contribution in [2.24, 2.45) is 11.8 Å². The molecule has 1 rings (SSSR count). The molecule has 0 radical (unpaired) electrons. The molecule has 0 aromatic carbocycles. The lowest BCUT2D eigenvalue weighted by atomic mass is 9.78. The van der Waals surface area contributed by atoms with Crippen LogP contribution < -0.4 is 5.32 Å². The van der Waals surface area contributed by atoms with Crippen LogP contribution in [0.15, 0.2) is 0 Å². The van der Waals surface area contributed by atoms with Crippen LogP contribution in [0.3, 0.4) is 0 Å². The maximum Gasteiger partial charge on any atom is 0.0767 e. The molecule has 0 aliphatic heterocycles. The zero-order chi connectivity index (χ0) is 12.6. The monoisotopic (exact) mass is 227 g/mol. The van der Waals surface area contributed by atoms with Crippen LogP contribution in [0.5, 0.6) is 0 Å². The molecule has 2 heteroatoms. The van der Waals surface area contributed by atoms with Gasteiger partial charge in [-0.25, -0.2) is 0 Å². The van der Waals surface area contributed by atoms with E-state index in [1.807, 2.05) is 13.8 Å². The second-order valence-corrected chi connectivity index (χ2v) is 6.94. The average Bonchev–Trinajstić information content (AvgIpc) is 1.97. The van der Waals surface area contributed by atoms with E-state index in [0.29, 0.717) is 6.04 Å². The maximum atomic E-state index is 10.1. The smallest absolute Gasteiger partial charge is 0.0767 e. The highest BCUT2D eigenvalue weighted by atomic mass is 16.3. The molecule has 0 spiro atoms. The molecule has 0 amide bonds. The first-order valence-corrected chi connectivity index (χ1v) is 6.62. The largest absolute Gasteiger partial charge is 0.389 e. The van der Waals surface area contributed by atoms with Crippen molar-refractivity contribution in [1.29, 1.82) is 0 Å². The minimum Gasteiger partial charge on any atom is -0.389 e. The van der Waals surface area contributed by atoms with Crippen molar-refractivity contribution in [1.82, 2.24) is 5.32 Å². The molecule has 0 bridgehead atoms. The van der Waals surface area contributed by atoms with E-state index in [1.165, 1.54) is 19.3 Å². The molecule has 0 aromatic rings. The van der Waals surface area contributed by atoms with Crippen molar-refractivity contribution >= 4 is 0 Å². The van der Waals surface area contributed by atoms with Gasteiger partial charge in [-0.05, 0) is 58.8 Å². The van der Waals surface area contributed by atoms with Crippen molar-refractivity contribution < 1.29 is 5.11 Å². The van der Waals surface area contributed by atoms with Gasteiger partial charge < -0.3 is 10.4 Å². The summed E-state index contributed by atoms with van der Waals surface area (Å²) >= 11 is 0. The number of hydrogen-bond acceptors (Lipinski definition) is 2. The number of nitrogens with one attached hydrogen (secondary N) is 1. The zero-order valence-electron chi connectivity index (χ0n) is 11.8. The van der Waals surface area contributed by atoms with Crippen LogP contribution in [0.1, 0.15) is 60.8 Å². The van der Waals surface area contributed by atoms with Crippen molar-refractivity contribution in [2.45, 2.75) is 78.0 Å². The van der Waals surface area contributed by atoms with E-state index in [4.69, 9.17) is 0 Å². The van der Waals surface area contributed by atoms with Crippen LogP contribution in [0.2, 0.25) is 0 Å². The fraction of sp³-hybridized carbons (Fsp3) is 1.00. The highest BCUT2D eigenvalue weighted by molar-refractivity contribution is 4.96. The molecule has 2 unspecified atom stereocenters. The SMILES string of the molecule is CC1CC(C)CC(NC(C)(C)C(C)(C)O)C1. The molecule has 96 valence electrons. The molecular weight excluding hydrogens is 198 g/mol. The Morgan fingerprint density at radius 1 is 0.938 bits per heavy atom. The van der Waals surface area contributed by atoms with Crippen LogP contribution in [0, 0.1) is 11.8 Å². The summed E-state index contributed by atoms with van der Waals surface area (Å²) in [6, 6.07) is 0.556. The predicted octanol–water partition coefficient (Wildman–Crippen LogP) is 2.95. The summed E-state index contributed by atoms with van der Waals surface area (Å²) in [6.07, 6.45) is 3.83. The third-order valence-electron chi connectivity index (χ3n) is 4.27. The highest BCUT2D eigenvalue weighted by Crippen LogP contribution is 2.31. The number of aliphatic hydroxyl groups is 1. The molecule has 2 atom stereocenters. The molecule has 0 heterocycles.